The number of hydrogen-bond donors (Lipinski definition) is 0. The van der Waals surface area contributed by atoms with Gasteiger partial charge in [-0.15, -0.1) is 0 Å². The fraction of sp³-hybridized carbons (Fsp3) is 0.462. The lowest BCUT2D eigenvalue weighted by Gasteiger charge is -2.38. The molecule has 2 bridgehead atoms. The fourth-order valence-electron chi connectivity index (χ4n) is 6.76. The van der Waals surface area contributed by atoms with Gasteiger partial charge < -0.3 is 4.74 Å². The van der Waals surface area contributed by atoms with Crippen molar-refractivity contribution in [2.75, 3.05) is 4.90 Å². The number of hydrazine groups is 1. The molecule has 5 unspecified atom stereocenters. The van der Waals surface area contributed by atoms with E-state index in [1.165, 1.54) is 5.01 Å². The van der Waals surface area contributed by atoms with Crippen LogP contribution in [0.3, 0.4) is 0 Å². The zero-order valence-electron chi connectivity index (χ0n) is 18.8. The van der Waals surface area contributed by atoms with Crippen molar-refractivity contribution in [2.24, 2.45) is 16.7 Å². The van der Waals surface area contributed by atoms with Crippen LogP contribution < -0.4 is 4.90 Å². The molecule has 5 atom stereocenters. The Hall–Kier alpha value is -2.70. The van der Waals surface area contributed by atoms with E-state index in [0.717, 1.165) is 24.1 Å². The number of benzene rings is 2. The lowest BCUT2D eigenvalue weighted by molar-refractivity contribution is -0.147. The molecule has 2 heterocycles. The van der Waals surface area contributed by atoms with Gasteiger partial charge in [0.05, 0.1) is 18.6 Å². The number of rotatable bonds is 3. The highest BCUT2D eigenvalue weighted by Gasteiger charge is 2.75. The number of ether oxygens (including phenoxy) is 1. The van der Waals surface area contributed by atoms with E-state index < -0.39 is 6.35 Å². The molecule has 6 nitrogen and oxygen atoms in total. The lowest BCUT2D eigenvalue weighted by atomic mass is 9.70. The molecule has 0 N–H and O–H groups in total. The molecule has 2 saturated carbocycles. The minimum Gasteiger partial charge on any atom is -0.337 e. The first-order chi connectivity index (χ1) is 15.3. The predicted molar refractivity (Wildman–Crippen MR) is 120 cm³/mol. The number of amides is 3. The Kier molecular flexibility index (Phi) is 4.15. The monoisotopic (exact) mass is 431 g/mol. The molecule has 2 aromatic carbocycles. The summed E-state index contributed by atoms with van der Waals surface area (Å²) in [6, 6.07) is 18.9. The van der Waals surface area contributed by atoms with E-state index in [-0.39, 0.29) is 41.3 Å². The van der Waals surface area contributed by atoms with Gasteiger partial charge in [0.15, 0.2) is 0 Å². The quantitative estimate of drug-likeness (QED) is 0.722. The molecular formula is C26H29N3O3. The Morgan fingerprint density at radius 2 is 1.69 bits per heavy atom. The van der Waals surface area contributed by atoms with Gasteiger partial charge in [0.25, 0.3) is 0 Å². The summed E-state index contributed by atoms with van der Waals surface area (Å²) in [5.41, 5.74) is 1.76. The molecule has 4 aliphatic rings. The van der Waals surface area contributed by atoms with E-state index in [9.17, 15) is 9.59 Å². The van der Waals surface area contributed by atoms with E-state index in [1.54, 1.807) is 4.90 Å². The van der Waals surface area contributed by atoms with Crippen molar-refractivity contribution >= 4 is 17.6 Å². The van der Waals surface area contributed by atoms with E-state index in [4.69, 9.17) is 4.74 Å². The summed E-state index contributed by atoms with van der Waals surface area (Å²) >= 11 is 0. The van der Waals surface area contributed by atoms with Crippen LogP contribution in [0.4, 0.5) is 10.5 Å². The number of carbonyl (C=O) groups excluding carboxylic acids is 2. The van der Waals surface area contributed by atoms with Crippen LogP contribution in [0.15, 0.2) is 60.7 Å². The molecule has 6 rings (SSSR count). The number of hydrogen-bond acceptors (Lipinski definition) is 4. The van der Waals surface area contributed by atoms with E-state index in [2.05, 4.69) is 20.8 Å². The van der Waals surface area contributed by atoms with Gasteiger partial charge in [0, 0.05) is 11.1 Å². The van der Waals surface area contributed by atoms with Crippen molar-refractivity contribution in [3.63, 3.8) is 0 Å². The Morgan fingerprint density at radius 3 is 2.38 bits per heavy atom. The molecule has 2 aliphatic carbocycles. The van der Waals surface area contributed by atoms with E-state index in [0.29, 0.717) is 5.92 Å². The maximum absolute atomic E-state index is 13.7. The largest absolute Gasteiger partial charge is 0.349 e. The van der Waals surface area contributed by atoms with Gasteiger partial charge in [0.1, 0.15) is 0 Å². The number of anilines is 1. The standard InChI is InChI=1S/C26H29N3O3/c1-25(2)19-14-15-26(25,3)22-21(19)29-24(32-22)27(18-12-8-5-9-13-18)23(31)28(29)20(30)16-17-10-6-4-7-11-17/h4-13,19,21-22,24H,14-16H2,1-3H3. The van der Waals surface area contributed by atoms with Crippen LogP contribution in [0.5, 0.6) is 0 Å². The van der Waals surface area contributed by atoms with Gasteiger partial charge in [-0.2, -0.15) is 10.0 Å². The average Bonchev–Trinajstić information content (AvgIpc) is 3.40. The van der Waals surface area contributed by atoms with Crippen LogP contribution >= 0.6 is 0 Å². The normalized spacial score (nSPS) is 34.8. The molecule has 0 aromatic heterocycles. The first kappa shape index (κ1) is 19.9. The van der Waals surface area contributed by atoms with Crippen molar-refractivity contribution in [3.8, 4) is 0 Å². The Balaban J connectivity index is 1.42. The second-order valence-corrected chi connectivity index (χ2v) is 10.4. The molecule has 0 radical (unpaired) electrons. The van der Waals surface area contributed by atoms with Crippen molar-refractivity contribution in [2.45, 2.75) is 58.5 Å². The van der Waals surface area contributed by atoms with E-state index in [1.807, 2.05) is 65.7 Å². The molecule has 2 aromatic rings. The summed E-state index contributed by atoms with van der Waals surface area (Å²) < 4.78 is 6.69. The second-order valence-electron chi connectivity index (χ2n) is 10.4. The zero-order chi connectivity index (χ0) is 22.3. The van der Waals surface area contributed by atoms with E-state index >= 15 is 0 Å². The van der Waals surface area contributed by atoms with Crippen LogP contribution in [0, 0.1) is 16.7 Å². The molecule has 32 heavy (non-hydrogen) atoms. The second kappa shape index (κ2) is 6.65. The lowest BCUT2D eigenvalue weighted by Crippen LogP contribution is -2.52. The zero-order valence-corrected chi connectivity index (χ0v) is 18.8. The van der Waals surface area contributed by atoms with Crippen molar-refractivity contribution in [1.29, 1.82) is 0 Å². The first-order valence-electron chi connectivity index (χ1n) is 11.5. The highest BCUT2D eigenvalue weighted by Crippen LogP contribution is 2.69. The first-order valence-corrected chi connectivity index (χ1v) is 11.5. The number of para-hydroxylation sites is 1. The number of fused-ring (bicyclic) bond motifs is 7. The third-order valence-corrected chi connectivity index (χ3v) is 8.83. The molecule has 2 saturated heterocycles. The molecule has 2 aliphatic heterocycles. The van der Waals surface area contributed by atoms with Crippen molar-refractivity contribution in [3.05, 3.63) is 66.2 Å². The molecule has 0 spiro atoms. The highest BCUT2D eigenvalue weighted by atomic mass is 16.6. The molecule has 6 heteroatoms. The molecular weight excluding hydrogens is 402 g/mol. The van der Waals surface area contributed by atoms with Crippen LogP contribution in [0.1, 0.15) is 39.2 Å². The SMILES string of the molecule is CC1(C)C2CCC1(C)C1OC3N(c4ccccc4)C(=O)N(C(=O)Cc4ccccc4)N3C21. The summed E-state index contributed by atoms with van der Waals surface area (Å²) in [5, 5.41) is 3.36. The minimum absolute atomic E-state index is 0.00686. The maximum Gasteiger partial charge on any atom is 0.349 e. The fourth-order valence-corrected chi connectivity index (χ4v) is 6.76. The van der Waals surface area contributed by atoms with Crippen LogP contribution in [0.25, 0.3) is 0 Å². The van der Waals surface area contributed by atoms with Crippen LogP contribution in [0.2, 0.25) is 0 Å². The maximum atomic E-state index is 13.7. The third kappa shape index (κ3) is 2.42. The van der Waals surface area contributed by atoms with Crippen molar-refractivity contribution in [1.82, 2.24) is 10.0 Å². The average molecular weight is 432 g/mol. The highest BCUT2D eigenvalue weighted by molar-refractivity contribution is 6.04. The summed E-state index contributed by atoms with van der Waals surface area (Å²) in [6.07, 6.45) is 1.80. The van der Waals surface area contributed by atoms with Crippen LogP contribution in [-0.2, 0) is 16.0 Å². The third-order valence-electron chi connectivity index (χ3n) is 8.83. The van der Waals surface area contributed by atoms with Gasteiger partial charge in [-0.1, -0.05) is 69.3 Å². The summed E-state index contributed by atoms with van der Waals surface area (Å²) in [4.78, 5) is 28.9. The number of nitrogens with zero attached hydrogens (tertiary/aromatic N) is 3. The van der Waals surface area contributed by atoms with Crippen molar-refractivity contribution < 1.29 is 14.3 Å². The number of urea groups is 1. The summed E-state index contributed by atoms with van der Waals surface area (Å²) in [7, 11) is 0. The van der Waals surface area contributed by atoms with Gasteiger partial charge >= 0.3 is 6.03 Å². The Morgan fingerprint density at radius 1 is 1.03 bits per heavy atom. The van der Waals surface area contributed by atoms with Crippen LogP contribution in [-0.4, -0.2) is 40.5 Å². The van der Waals surface area contributed by atoms with Gasteiger partial charge in [0.2, 0.25) is 12.3 Å². The minimum atomic E-state index is -0.587. The number of imide groups is 1. The van der Waals surface area contributed by atoms with Gasteiger partial charge in [-0.25, -0.2) is 4.79 Å². The molecule has 166 valence electrons. The topological polar surface area (TPSA) is 53.1 Å². The molecule has 3 amide bonds. The Bertz CT molecular complexity index is 1070. The molecule has 4 fully saturated rings. The van der Waals surface area contributed by atoms with Gasteiger partial charge in [-0.3, -0.25) is 9.69 Å². The number of carbonyl (C=O) groups is 2. The van der Waals surface area contributed by atoms with Gasteiger partial charge in [-0.05, 0) is 41.9 Å². The summed E-state index contributed by atoms with van der Waals surface area (Å²) in [6.45, 7) is 6.97. The predicted octanol–water partition coefficient (Wildman–Crippen LogP) is 4.42. The smallest absolute Gasteiger partial charge is 0.337 e. The Labute approximate surface area is 188 Å². The summed E-state index contributed by atoms with van der Waals surface area (Å²) in [5.74, 6) is 0.165.